The van der Waals surface area contributed by atoms with Crippen molar-refractivity contribution in [3.63, 3.8) is 0 Å². The summed E-state index contributed by atoms with van der Waals surface area (Å²) in [5.74, 6) is -0.295. The lowest BCUT2D eigenvalue weighted by Crippen LogP contribution is -2.45. The van der Waals surface area contributed by atoms with Crippen molar-refractivity contribution in [1.29, 1.82) is 0 Å². The number of esters is 1. The highest BCUT2D eigenvalue weighted by atomic mass is 16.5. The predicted molar refractivity (Wildman–Crippen MR) is 116 cm³/mol. The molecule has 0 saturated carbocycles. The highest BCUT2D eigenvalue weighted by Gasteiger charge is 2.36. The van der Waals surface area contributed by atoms with E-state index < -0.39 is 6.17 Å². The van der Waals surface area contributed by atoms with Gasteiger partial charge in [0.05, 0.1) is 12.3 Å². The van der Waals surface area contributed by atoms with Crippen molar-refractivity contribution in [3.05, 3.63) is 59.7 Å². The van der Waals surface area contributed by atoms with Crippen LogP contribution in [0.5, 0.6) is 5.75 Å². The molecule has 0 bridgehead atoms. The molecule has 1 atom stereocenters. The molecule has 2 aromatic rings. The minimum atomic E-state index is -0.467. The number of benzene rings is 2. The fourth-order valence-corrected chi connectivity index (χ4v) is 3.91. The van der Waals surface area contributed by atoms with Crippen molar-refractivity contribution in [1.82, 2.24) is 4.90 Å². The van der Waals surface area contributed by atoms with E-state index in [1.165, 1.54) is 4.90 Å². The Labute approximate surface area is 182 Å². The van der Waals surface area contributed by atoms with Gasteiger partial charge in [-0.3, -0.25) is 19.3 Å². The summed E-state index contributed by atoms with van der Waals surface area (Å²) in [5.41, 5.74) is 1.99. The van der Waals surface area contributed by atoms with Crippen molar-refractivity contribution in [3.8, 4) is 5.75 Å². The molecule has 1 unspecified atom stereocenters. The van der Waals surface area contributed by atoms with Gasteiger partial charge in [-0.15, -0.1) is 0 Å². The molecule has 0 aromatic heterocycles. The Hall–Kier alpha value is -3.35. The van der Waals surface area contributed by atoms with Gasteiger partial charge in [-0.25, -0.2) is 0 Å². The predicted octanol–water partition coefficient (Wildman–Crippen LogP) is 3.39. The van der Waals surface area contributed by atoms with Crippen LogP contribution in [0.2, 0.25) is 0 Å². The van der Waals surface area contributed by atoms with Crippen molar-refractivity contribution >= 4 is 24.0 Å². The number of ether oxygens (including phenoxy) is 1. The molecule has 0 spiro atoms. The average molecular weight is 424 g/mol. The summed E-state index contributed by atoms with van der Waals surface area (Å²) in [7, 11) is 0. The second-order valence-corrected chi connectivity index (χ2v) is 7.48. The summed E-state index contributed by atoms with van der Waals surface area (Å²) in [6.45, 7) is 2.50. The minimum Gasteiger partial charge on any atom is -0.505 e. The van der Waals surface area contributed by atoms with E-state index in [-0.39, 0.29) is 24.0 Å². The lowest BCUT2D eigenvalue weighted by molar-refractivity contribution is -0.143. The van der Waals surface area contributed by atoms with Crippen LogP contribution >= 0.6 is 0 Å². The number of hydrogen-bond donors (Lipinski definition) is 1. The van der Waals surface area contributed by atoms with Crippen LogP contribution in [0.15, 0.2) is 48.5 Å². The number of carbonyl (C=O) groups excluding carboxylic acids is 3. The molecule has 1 aliphatic rings. The van der Waals surface area contributed by atoms with E-state index in [0.29, 0.717) is 56.5 Å². The zero-order valence-electron chi connectivity index (χ0n) is 17.7. The zero-order valence-corrected chi connectivity index (χ0v) is 17.7. The number of aryl methyl sites for hydroxylation is 1. The van der Waals surface area contributed by atoms with Crippen LogP contribution in [0.4, 0.5) is 5.69 Å². The maximum Gasteiger partial charge on any atom is 0.305 e. The number of amides is 2. The largest absolute Gasteiger partial charge is 0.505 e. The van der Waals surface area contributed by atoms with Gasteiger partial charge in [0.1, 0.15) is 11.9 Å². The van der Waals surface area contributed by atoms with Crippen LogP contribution in [0.25, 0.3) is 0 Å². The van der Waals surface area contributed by atoms with Crippen LogP contribution in [0.1, 0.15) is 43.7 Å². The van der Waals surface area contributed by atoms with Gasteiger partial charge < -0.3 is 14.7 Å². The fraction of sp³-hybridized carbons (Fsp3) is 0.375. The van der Waals surface area contributed by atoms with E-state index in [2.05, 4.69) is 0 Å². The molecule has 1 fully saturated rings. The second-order valence-electron chi connectivity index (χ2n) is 7.48. The third kappa shape index (κ3) is 5.42. The lowest BCUT2D eigenvalue weighted by atomic mass is 10.1. The SMILES string of the molecule is CCOC(=O)CCCc1cccc(N(C=O)C2CCC(=O)N2Cc2ccccc2)c1O. The number of hydrogen-bond acceptors (Lipinski definition) is 5. The van der Waals surface area contributed by atoms with E-state index in [0.717, 1.165) is 5.56 Å². The summed E-state index contributed by atoms with van der Waals surface area (Å²) in [5, 5.41) is 10.8. The quantitative estimate of drug-likeness (QED) is 0.467. The summed E-state index contributed by atoms with van der Waals surface area (Å²) in [6.07, 6.45) is 2.31. The molecular weight excluding hydrogens is 396 g/mol. The Morgan fingerprint density at radius 1 is 1.23 bits per heavy atom. The Morgan fingerprint density at radius 3 is 2.71 bits per heavy atom. The number of phenolic OH excluding ortho intramolecular Hbond substituents is 1. The molecule has 7 heteroatoms. The van der Waals surface area contributed by atoms with Gasteiger partial charge >= 0.3 is 5.97 Å². The first-order valence-electron chi connectivity index (χ1n) is 10.6. The number of likely N-dealkylation sites (tertiary alicyclic amines) is 1. The molecule has 1 aliphatic heterocycles. The third-order valence-electron chi connectivity index (χ3n) is 5.44. The summed E-state index contributed by atoms with van der Waals surface area (Å²) in [4.78, 5) is 39.2. The molecule has 31 heavy (non-hydrogen) atoms. The van der Waals surface area contributed by atoms with Gasteiger partial charge in [-0.2, -0.15) is 0 Å². The van der Waals surface area contributed by atoms with E-state index in [1.807, 2.05) is 30.3 Å². The Morgan fingerprint density at radius 2 is 2.00 bits per heavy atom. The monoisotopic (exact) mass is 424 g/mol. The minimum absolute atomic E-state index is 0.00234. The normalized spacial score (nSPS) is 15.7. The topological polar surface area (TPSA) is 87.2 Å². The molecule has 164 valence electrons. The van der Waals surface area contributed by atoms with Crippen LogP contribution in [-0.4, -0.2) is 41.1 Å². The Balaban J connectivity index is 1.77. The zero-order chi connectivity index (χ0) is 22.2. The highest BCUT2D eigenvalue weighted by Crippen LogP contribution is 2.35. The van der Waals surface area contributed by atoms with Gasteiger partial charge in [-0.05, 0) is 43.4 Å². The van der Waals surface area contributed by atoms with E-state index in [1.54, 1.807) is 30.0 Å². The first-order chi connectivity index (χ1) is 15.0. The maximum absolute atomic E-state index is 12.5. The lowest BCUT2D eigenvalue weighted by Gasteiger charge is -2.33. The van der Waals surface area contributed by atoms with Gasteiger partial charge in [0.2, 0.25) is 12.3 Å². The summed E-state index contributed by atoms with van der Waals surface area (Å²) < 4.78 is 4.93. The van der Waals surface area contributed by atoms with Gasteiger partial charge in [0.25, 0.3) is 0 Å². The molecule has 2 aromatic carbocycles. The number of nitrogens with zero attached hydrogens (tertiary/aromatic N) is 2. The number of para-hydroxylation sites is 1. The average Bonchev–Trinajstić information content (AvgIpc) is 3.12. The molecule has 1 N–H and O–H groups in total. The fourth-order valence-electron chi connectivity index (χ4n) is 3.91. The first kappa shape index (κ1) is 22.3. The van der Waals surface area contributed by atoms with Crippen LogP contribution in [0.3, 0.4) is 0 Å². The third-order valence-corrected chi connectivity index (χ3v) is 5.44. The van der Waals surface area contributed by atoms with Gasteiger partial charge in [-0.1, -0.05) is 42.5 Å². The van der Waals surface area contributed by atoms with E-state index in [9.17, 15) is 19.5 Å². The van der Waals surface area contributed by atoms with Crippen molar-refractivity contribution in [2.75, 3.05) is 11.5 Å². The van der Waals surface area contributed by atoms with Crippen LogP contribution < -0.4 is 4.90 Å². The van der Waals surface area contributed by atoms with Crippen molar-refractivity contribution in [2.24, 2.45) is 0 Å². The number of carbonyl (C=O) groups is 3. The first-order valence-corrected chi connectivity index (χ1v) is 10.6. The smallest absolute Gasteiger partial charge is 0.305 e. The Kier molecular flexibility index (Phi) is 7.65. The summed E-state index contributed by atoms with van der Waals surface area (Å²) in [6, 6.07) is 14.8. The number of anilines is 1. The molecule has 7 nitrogen and oxygen atoms in total. The molecule has 1 heterocycles. The standard InChI is InChI=1S/C24H28N2O5/c1-2-31-23(29)13-7-11-19-10-6-12-20(24(19)30)26(17-27)21-14-15-22(28)25(21)16-18-8-4-3-5-9-18/h3-6,8-10,12,17,21,30H,2,7,11,13-16H2,1H3. The van der Waals surface area contributed by atoms with E-state index >= 15 is 0 Å². The van der Waals surface area contributed by atoms with Crippen molar-refractivity contribution < 1.29 is 24.2 Å². The van der Waals surface area contributed by atoms with Crippen LogP contribution in [0, 0.1) is 0 Å². The second kappa shape index (κ2) is 10.6. The number of rotatable bonds is 10. The van der Waals surface area contributed by atoms with Gasteiger partial charge in [0.15, 0.2) is 0 Å². The molecule has 1 saturated heterocycles. The van der Waals surface area contributed by atoms with Gasteiger partial charge in [0, 0.05) is 19.4 Å². The summed E-state index contributed by atoms with van der Waals surface area (Å²) >= 11 is 0. The Bertz CT molecular complexity index is 915. The highest BCUT2D eigenvalue weighted by molar-refractivity contribution is 5.85. The van der Waals surface area contributed by atoms with Crippen LogP contribution in [-0.2, 0) is 32.1 Å². The molecular formula is C24H28N2O5. The molecule has 0 aliphatic carbocycles. The number of aromatic hydroxyl groups is 1. The molecule has 3 rings (SSSR count). The molecule has 0 radical (unpaired) electrons. The maximum atomic E-state index is 12.5. The van der Waals surface area contributed by atoms with E-state index in [4.69, 9.17) is 4.74 Å². The molecule has 2 amide bonds. The van der Waals surface area contributed by atoms with Crippen molar-refractivity contribution in [2.45, 2.75) is 51.7 Å². The number of phenols is 1.